The smallest absolute Gasteiger partial charge is 0.356 e. The molecule has 0 spiro atoms. The predicted molar refractivity (Wildman–Crippen MR) is 93.9 cm³/mol. The number of ketones is 1. The summed E-state index contributed by atoms with van der Waals surface area (Å²) in [5.41, 5.74) is 1.67. The Bertz CT molecular complexity index is 951. The van der Waals surface area contributed by atoms with Crippen molar-refractivity contribution in [2.45, 2.75) is 0 Å². The summed E-state index contributed by atoms with van der Waals surface area (Å²) in [6.45, 7) is -0.0643. The van der Waals surface area contributed by atoms with Gasteiger partial charge in [0.05, 0.1) is 19.3 Å². The van der Waals surface area contributed by atoms with Crippen molar-refractivity contribution in [1.29, 1.82) is 0 Å². The van der Waals surface area contributed by atoms with Crippen LogP contribution in [0.3, 0.4) is 0 Å². The fourth-order valence-electron chi connectivity index (χ4n) is 2.52. The third kappa shape index (κ3) is 3.49. The second-order valence-electron chi connectivity index (χ2n) is 5.34. The molecule has 0 bridgehead atoms. The van der Waals surface area contributed by atoms with Gasteiger partial charge in [0.2, 0.25) is 0 Å². The van der Waals surface area contributed by atoms with Gasteiger partial charge in [0.25, 0.3) is 0 Å². The number of carbonyl (C=O) groups excluding carboxylic acids is 2. The maximum absolute atomic E-state index is 13.0. The lowest BCUT2D eigenvalue weighted by Gasteiger charge is -2.07. The molecule has 3 rings (SSSR count). The number of ether oxygens (including phenoxy) is 1. The van der Waals surface area contributed by atoms with E-state index in [9.17, 15) is 14.0 Å². The van der Waals surface area contributed by atoms with Crippen LogP contribution in [-0.2, 0) is 4.74 Å². The van der Waals surface area contributed by atoms with Crippen molar-refractivity contribution in [1.82, 2.24) is 4.98 Å². The minimum Gasteiger partial charge on any atom is -0.464 e. The van der Waals surface area contributed by atoms with Crippen LogP contribution in [-0.4, -0.2) is 30.4 Å². The van der Waals surface area contributed by atoms with E-state index in [1.807, 2.05) is 0 Å². The Labute approximate surface area is 147 Å². The molecule has 3 aromatic rings. The lowest BCUT2D eigenvalue weighted by molar-refractivity contribution is 0.0596. The van der Waals surface area contributed by atoms with Gasteiger partial charge in [0.1, 0.15) is 11.5 Å². The van der Waals surface area contributed by atoms with Gasteiger partial charge in [0.15, 0.2) is 5.78 Å². The van der Waals surface area contributed by atoms with E-state index < -0.39 is 11.8 Å². The second-order valence-corrected chi connectivity index (χ2v) is 5.78. The molecule has 0 aliphatic carbocycles. The van der Waals surface area contributed by atoms with Crippen LogP contribution < -0.4 is 5.32 Å². The van der Waals surface area contributed by atoms with Crippen LogP contribution in [0.25, 0.3) is 10.9 Å². The molecule has 7 heteroatoms. The zero-order valence-corrected chi connectivity index (χ0v) is 14.0. The Morgan fingerprint density at radius 3 is 2.60 bits per heavy atom. The molecule has 5 nitrogen and oxygen atoms in total. The van der Waals surface area contributed by atoms with E-state index in [4.69, 9.17) is 16.3 Å². The maximum Gasteiger partial charge on any atom is 0.356 e. The predicted octanol–water partition coefficient (Wildman–Crippen LogP) is 4.04. The van der Waals surface area contributed by atoms with E-state index in [-0.39, 0.29) is 18.0 Å². The van der Waals surface area contributed by atoms with E-state index in [2.05, 4.69) is 10.3 Å². The first-order valence-electron chi connectivity index (χ1n) is 7.42. The third-order valence-corrected chi connectivity index (χ3v) is 3.98. The highest BCUT2D eigenvalue weighted by Gasteiger charge is 2.19. The van der Waals surface area contributed by atoms with E-state index in [0.717, 1.165) is 0 Å². The van der Waals surface area contributed by atoms with Crippen LogP contribution in [0.5, 0.6) is 0 Å². The summed E-state index contributed by atoms with van der Waals surface area (Å²) in [4.78, 5) is 27.2. The molecule has 1 aromatic heterocycles. The quantitative estimate of drug-likeness (QED) is 0.532. The van der Waals surface area contributed by atoms with Crippen LogP contribution in [0.15, 0.2) is 42.5 Å². The Balaban J connectivity index is 1.90. The van der Waals surface area contributed by atoms with Gasteiger partial charge in [-0.25, -0.2) is 9.18 Å². The van der Waals surface area contributed by atoms with Gasteiger partial charge in [-0.2, -0.15) is 0 Å². The van der Waals surface area contributed by atoms with E-state index in [0.29, 0.717) is 27.2 Å². The number of rotatable bonds is 5. The number of benzene rings is 2. The first-order valence-corrected chi connectivity index (χ1v) is 7.79. The average molecular weight is 361 g/mol. The number of halogens is 2. The van der Waals surface area contributed by atoms with Crippen molar-refractivity contribution in [3.8, 4) is 0 Å². The summed E-state index contributed by atoms with van der Waals surface area (Å²) in [6.07, 6.45) is 0. The molecule has 2 aromatic carbocycles. The first-order chi connectivity index (χ1) is 12.0. The zero-order chi connectivity index (χ0) is 18.0. The number of hydrogen-bond donors (Lipinski definition) is 2. The van der Waals surface area contributed by atoms with Crippen molar-refractivity contribution in [3.63, 3.8) is 0 Å². The van der Waals surface area contributed by atoms with E-state index >= 15 is 0 Å². The molecule has 0 atom stereocenters. The van der Waals surface area contributed by atoms with Crippen LogP contribution in [0.4, 0.5) is 10.1 Å². The molecule has 0 unspecified atom stereocenters. The molecule has 0 aliphatic heterocycles. The normalized spacial score (nSPS) is 10.7. The van der Waals surface area contributed by atoms with Crippen molar-refractivity contribution in [3.05, 3.63) is 64.6 Å². The highest BCUT2D eigenvalue weighted by Crippen LogP contribution is 2.30. The number of aromatic amines is 1. The Morgan fingerprint density at radius 1 is 1.20 bits per heavy atom. The highest BCUT2D eigenvalue weighted by molar-refractivity contribution is 6.31. The molecule has 128 valence electrons. The topological polar surface area (TPSA) is 71.2 Å². The standard InChI is InChI=1S/C18H14ClFN2O3/c1-25-18(24)17-16(13-7-4-11(19)8-14(13)22-17)21-9-15(23)10-2-5-12(20)6-3-10/h2-8,21-22H,9H2,1H3. The first kappa shape index (κ1) is 17.0. The minimum absolute atomic E-state index is 0.0643. The van der Waals surface area contributed by atoms with Crippen molar-refractivity contribution in [2.75, 3.05) is 19.0 Å². The monoisotopic (exact) mass is 360 g/mol. The number of methoxy groups -OCH3 is 1. The van der Waals surface area contributed by atoms with Crippen molar-refractivity contribution < 1.29 is 18.7 Å². The molecule has 0 saturated carbocycles. The Morgan fingerprint density at radius 2 is 1.92 bits per heavy atom. The van der Waals surface area contributed by atoms with Gasteiger partial charge in [-0.3, -0.25) is 4.79 Å². The lowest BCUT2D eigenvalue weighted by atomic mass is 10.1. The molecule has 0 amide bonds. The van der Waals surface area contributed by atoms with Gasteiger partial charge in [-0.15, -0.1) is 0 Å². The summed E-state index contributed by atoms with van der Waals surface area (Å²) in [7, 11) is 1.27. The summed E-state index contributed by atoms with van der Waals surface area (Å²) >= 11 is 5.97. The fraction of sp³-hybridized carbons (Fsp3) is 0.111. The summed E-state index contributed by atoms with van der Waals surface area (Å²) in [5.74, 6) is -1.21. The van der Waals surface area contributed by atoms with Gasteiger partial charge < -0.3 is 15.0 Å². The number of esters is 1. The molecule has 0 radical (unpaired) electrons. The Kier molecular flexibility index (Phi) is 4.72. The number of hydrogen-bond acceptors (Lipinski definition) is 4. The van der Waals surface area contributed by atoms with Gasteiger partial charge in [0, 0.05) is 21.5 Å². The number of aromatic nitrogens is 1. The maximum atomic E-state index is 13.0. The summed E-state index contributed by atoms with van der Waals surface area (Å²) < 4.78 is 17.7. The minimum atomic E-state index is -0.566. The van der Waals surface area contributed by atoms with Crippen molar-refractivity contribution in [2.24, 2.45) is 0 Å². The molecular weight excluding hydrogens is 347 g/mol. The molecule has 0 aliphatic rings. The third-order valence-electron chi connectivity index (χ3n) is 3.74. The average Bonchev–Trinajstić information content (AvgIpc) is 2.97. The largest absolute Gasteiger partial charge is 0.464 e. The van der Waals surface area contributed by atoms with Gasteiger partial charge >= 0.3 is 5.97 Å². The van der Waals surface area contributed by atoms with Crippen LogP contribution in [0.1, 0.15) is 20.8 Å². The second kappa shape index (κ2) is 6.94. The number of nitrogens with one attached hydrogen (secondary N) is 2. The molecule has 0 saturated heterocycles. The van der Waals surface area contributed by atoms with Crippen LogP contribution in [0, 0.1) is 5.82 Å². The van der Waals surface area contributed by atoms with Crippen LogP contribution >= 0.6 is 11.6 Å². The molecule has 25 heavy (non-hydrogen) atoms. The number of fused-ring (bicyclic) bond motifs is 1. The van der Waals surface area contributed by atoms with Crippen molar-refractivity contribution >= 4 is 39.9 Å². The highest BCUT2D eigenvalue weighted by atomic mass is 35.5. The van der Waals surface area contributed by atoms with Gasteiger partial charge in [-0.05, 0) is 42.5 Å². The number of Topliss-reactive ketones (excluding diaryl/α,β-unsaturated/α-hetero) is 1. The van der Waals surface area contributed by atoms with Crippen LogP contribution in [0.2, 0.25) is 5.02 Å². The fourth-order valence-corrected chi connectivity index (χ4v) is 2.69. The molecule has 0 fully saturated rings. The summed E-state index contributed by atoms with van der Waals surface area (Å²) in [5, 5.41) is 4.18. The lowest BCUT2D eigenvalue weighted by Crippen LogP contribution is -2.16. The number of anilines is 1. The SMILES string of the molecule is COC(=O)c1[nH]c2cc(Cl)ccc2c1NCC(=O)c1ccc(F)cc1. The number of carbonyl (C=O) groups is 2. The Hall–Kier alpha value is -2.86. The zero-order valence-electron chi connectivity index (χ0n) is 13.2. The molecule has 2 N–H and O–H groups in total. The summed E-state index contributed by atoms with van der Waals surface area (Å²) in [6, 6.07) is 10.4. The molecular formula is C18H14ClFN2O3. The number of H-pyrrole nitrogens is 1. The molecule has 1 heterocycles. The van der Waals surface area contributed by atoms with E-state index in [1.165, 1.54) is 31.4 Å². The van der Waals surface area contributed by atoms with E-state index in [1.54, 1.807) is 18.2 Å². The van der Waals surface area contributed by atoms with Gasteiger partial charge in [-0.1, -0.05) is 11.6 Å².